The summed E-state index contributed by atoms with van der Waals surface area (Å²) >= 11 is 3.67. The minimum Gasteiger partial charge on any atom is -0.308 e. The molecular weight excluding hydrogens is 506 g/mol. The van der Waals surface area contributed by atoms with Crippen molar-refractivity contribution in [2.24, 2.45) is 7.05 Å². The number of aryl methyl sites for hydroxylation is 1. The summed E-state index contributed by atoms with van der Waals surface area (Å²) in [4.78, 5) is 21.6. The second-order valence-corrected chi connectivity index (χ2v) is 9.80. The Labute approximate surface area is 213 Å². The summed E-state index contributed by atoms with van der Waals surface area (Å²) in [5.74, 6) is 0.483. The molecule has 1 aliphatic heterocycles. The Hall–Kier alpha value is -3.27. The summed E-state index contributed by atoms with van der Waals surface area (Å²) in [6.45, 7) is 5.19. The van der Waals surface area contributed by atoms with Crippen LogP contribution in [0.4, 0.5) is 16.3 Å². The predicted octanol–water partition coefficient (Wildman–Crippen LogP) is 4.79. The molecular formula is C26H28BrN7O. The van der Waals surface area contributed by atoms with Crippen LogP contribution in [0.3, 0.4) is 0 Å². The Bertz CT molecular complexity index is 1360. The van der Waals surface area contributed by atoms with Crippen molar-refractivity contribution in [1.82, 2.24) is 24.6 Å². The van der Waals surface area contributed by atoms with Gasteiger partial charge in [-0.05, 0) is 42.3 Å². The lowest BCUT2D eigenvalue weighted by atomic mass is 10.1. The van der Waals surface area contributed by atoms with Gasteiger partial charge in [-0.25, -0.2) is 4.79 Å². The third kappa shape index (κ3) is 5.53. The fraction of sp³-hybridized carbons (Fsp3) is 0.269. The Morgan fingerprint density at radius 1 is 0.971 bits per heavy atom. The molecule has 0 atom stereocenters. The highest BCUT2D eigenvalue weighted by molar-refractivity contribution is 9.10. The van der Waals surface area contributed by atoms with Gasteiger partial charge in [-0.1, -0.05) is 34.1 Å². The predicted molar refractivity (Wildman–Crippen MR) is 144 cm³/mol. The standard InChI is InChI=1S/C26H28BrN7O/c1-32-9-11-34(12-10-32)17-20-5-6-22(14-23(20)27)29-26(35)30-25-15-24(33(2)31-25)19-4-3-18-7-8-28-16-21(18)13-19/h3-8,13-16H,9-12,17H2,1-2H3,(H2,29,30,31,35). The SMILES string of the molecule is CN1CCN(Cc2ccc(NC(=O)Nc3cc(-c4ccc5ccncc5c4)n(C)n3)cc2Br)CC1. The maximum absolute atomic E-state index is 12.6. The van der Waals surface area contributed by atoms with Gasteiger partial charge in [0.25, 0.3) is 0 Å². The van der Waals surface area contributed by atoms with E-state index in [2.05, 4.69) is 71.7 Å². The van der Waals surface area contributed by atoms with E-state index >= 15 is 0 Å². The van der Waals surface area contributed by atoms with Gasteiger partial charge < -0.3 is 10.2 Å². The monoisotopic (exact) mass is 533 g/mol. The highest BCUT2D eigenvalue weighted by atomic mass is 79.9. The molecule has 3 heterocycles. The average Bonchev–Trinajstić information content (AvgIpc) is 3.21. The number of pyridine rings is 1. The number of urea groups is 1. The van der Waals surface area contributed by atoms with Crippen molar-refractivity contribution in [3.05, 3.63) is 71.0 Å². The van der Waals surface area contributed by atoms with Gasteiger partial charge in [-0.2, -0.15) is 5.10 Å². The van der Waals surface area contributed by atoms with E-state index in [1.54, 1.807) is 10.9 Å². The lowest BCUT2D eigenvalue weighted by Crippen LogP contribution is -2.43. The molecule has 0 radical (unpaired) electrons. The Morgan fingerprint density at radius 3 is 2.60 bits per heavy atom. The number of anilines is 2. The Balaban J connectivity index is 1.23. The first-order valence-electron chi connectivity index (χ1n) is 11.6. The van der Waals surface area contributed by atoms with Gasteiger partial charge in [0.2, 0.25) is 0 Å². The normalized spacial score (nSPS) is 14.8. The number of amides is 2. The molecule has 0 unspecified atom stereocenters. The van der Waals surface area contributed by atoms with Crippen LogP contribution in [0.5, 0.6) is 0 Å². The maximum Gasteiger partial charge on any atom is 0.324 e. The first kappa shape index (κ1) is 23.5. The van der Waals surface area contributed by atoms with Crippen LogP contribution in [0.2, 0.25) is 0 Å². The fourth-order valence-electron chi connectivity index (χ4n) is 4.32. The molecule has 2 aromatic heterocycles. The largest absolute Gasteiger partial charge is 0.324 e. The van der Waals surface area contributed by atoms with Crippen LogP contribution in [0.15, 0.2) is 65.4 Å². The van der Waals surface area contributed by atoms with Crippen LogP contribution in [-0.2, 0) is 13.6 Å². The number of likely N-dealkylation sites (N-methyl/N-ethyl adjacent to an activating group) is 1. The van der Waals surface area contributed by atoms with Gasteiger partial charge in [0.05, 0.1) is 5.69 Å². The first-order chi connectivity index (χ1) is 16.9. The number of rotatable bonds is 5. The fourth-order valence-corrected chi connectivity index (χ4v) is 4.83. The molecule has 0 aliphatic carbocycles. The van der Waals surface area contributed by atoms with Crippen LogP contribution in [-0.4, -0.2) is 63.8 Å². The van der Waals surface area contributed by atoms with Gasteiger partial charge in [-0.3, -0.25) is 19.9 Å². The number of carbonyl (C=O) groups excluding carboxylic acids is 1. The van der Waals surface area contributed by atoms with E-state index in [4.69, 9.17) is 0 Å². The Kier molecular flexibility index (Phi) is 6.81. The molecule has 9 heteroatoms. The molecule has 1 saturated heterocycles. The maximum atomic E-state index is 12.6. The van der Waals surface area contributed by atoms with Crippen molar-refractivity contribution in [2.45, 2.75) is 6.54 Å². The third-order valence-corrected chi connectivity index (χ3v) is 7.10. The molecule has 0 saturated carbocycles. The number of carbonyl (C=O) groups is 1. The van der Waals surface area contributed by atoms with Crippen molar-refractivity contribution in [1.29, 1.82) is 0 Å². The Morgan fingerprint density at radius 2 is 1.80 bits per heavy atom. The van der Waals surface area contributed by atoms with Gasteiger partial charge in [0.1, 0.15) is 0 Å². The molecule has 4 aromatic rings. The number of piperazine rings is 1. The van der Waals surface area contributed by atoms with Crippen molar-refractivity contribution < 1.29 is 4.79 Å². The third-order valence-electron chi connectivity index (χ3n) is 6.36. The number of hydrogen-bond acceptors (Lipinski definition) is 5. The highest BCUT2D eigenvalue weighted by Crippen LogP contribution is 2.26. The quantitative estimate of drug-likeness (QED) is 0.385. The van der Waals surface area contributed by atoms with Crippen LogP contribution < -0.4 is 10.6 Å². The van der Waals surface area contributed by atoms with E-state index in [0.29, 0.717) is 5.82 Å². The second-order valence-electron chi connectivity index (χ2n) is 8.94. The van der Waals surface area contributed by atoms with E-state index in [0.717, 1.165) is 64.9 Å². The molecule has 0 spiro atoms. The number of hydrogen-bond donors (Lipinski definition) is 2. The zero-order chi connectivity index (χ0) is 24.4. The van der Waals surface area contributed by atoms with Crippen LogP contribution in [0, 0.1) is 0 Å². The highest BCUT2D eigenvalue weighted by Gasteiger charge is 2.16. The summed E-state index contributed by atoms with van der Waals surface area (Å²) in [6, 6.07) is 15.6. The summed E-state index contributed by atoms with van der Waals surface area (Å²) in [5, 5.41) is 12.4. The lowest BCUT2D eigenvalue weighted by Gasteiger charge is -2.32. The van der Waals surface area contributed by atoms with Crippen LogP contribution >= 0.6 is 15.9 Å². The summed E-state index contributed by atoms with van der Waals surface area (Å²) < 4.78 is 2.75. The number of nitrogens with zero attached hydrogens (tertiary/aromatic N) is 5. The molecule has 1 aliphatic rings. The van der Waals surface area contributed by atoms with Crippen molar-refractivity contribution >= 4 is 44.2 Å². The summed E-state index contributed by atoms with van der Waals surface area (Å²) in [5.41, 5.74) is 3.84. The number of aromatic nitrogens is 3. The smallest absolute Gasteiger partial charge is 0.308 e. The minimum absolute atomic E-state index is 0.337. The lowest BCUT2D eigenvalue weighted by molar-refractivity contribution is 0.148. The number of fused-ring (bicyclic) bond motifs is 1. The first-order valence-corrected chi connectivity index (χ1v) is 12.4. The van der Waals surface area contributed by atoms with Gasteiger partial charge in [0, 0.05) is 79.3 Å². The molecule has 8 nitrogen and oxygen atoms in total. The number of halogens is 1. The number of benzene rings is 2. The average molecular weight is 534 g/mol. The molecule has 2 amide bonds. The molecule has 180 valence electrons. The summed E-state index contributed by atoms with van der Waals surface area (Å²) in [6.07, 6.45) is 3.63. The van der Waals surface area contributed by atoms with E-state index in [-0.39, 0.29) is 6.03 Å². The van der Waals surface area contributed by atoms with E-state index < -0.39 is 0 Å². The number of nitrogens with one attached hydrogen (secondary N) is 2. The van der Waals surface area contributed by atoms with Crippen LogP contribution in [0.25, 0.3) is 22.0 Å². The van der Waals surface area contributed by atoms with Crippen LogP contribution in [0.1, 0.15) is 5.56 Å². The van der Waals surface area contributed by atoms with Crippen molar-refractivity contribution in [2.75, 3.05) is 43.9 Å². The van der Waals surface area contributed by atoms with Gasteiger partial charge in [0.15, 0.2) is 5.82 Å². The molecule has 2 aromatic carbocycles. The zero-order valence-electron chi connectivity index (χ0n) is 19.8. The second kappa shape index (κ2) is 10.2. The molecule has 5 rings (SSSR count). The zero-order valence-corrected chi connectivity index (χ0v) is 21.4. The van der Waals surface area contributed by atoms with Gasteiger partial charge >= 0.3 is 6.03 Å². The van der Waals surface area contributed by atoms with E-state index in [9.17, 15) is 4.79 Å². The van der Waals surface area contributed by atoms with E-state index in [1.807, 2.05) is 43.6 Å². The van der Waals surface area contributed by atoms with E-state index in [1.165, 1.54) is 5.56 Å². The van der Waals surface area contributed by atoms with Crippen molar-refractivity contribution in [3.63, 3.8) is 0 Å². The molecule has 0 bridgehead atoms. The van der Waals surface area contributed by atoms with Crippen molar-refractivity contribution in [3.8, 4) is 11.3 Å². The van der Waals surface area contributed by atoms with Gasteiger partial charge in [-0.15, -0.1) is 0 Å². The molecule has 1 fully saturated rings. The minimum atomic E-state index is -0.337. The topological polar surface area (TPSA) is 78.3 Å². The molecule has 35 heavy (non-hydrogen) atoms. The summed E-state index contributed by atoms with van der Waals surface area (Å²) in [7, 11) is 4.02. The molecule has 2 N–H and O–H groups in total.